The molecule has 0 saturated heterocycles. The van der Waals surface area contributed by atoms with Crippen LogP contribution in [0.15, 0.2) is 244 Å². The molecular weight excluding hydrogens is 1430 g/mol. The first kappa shape index (κ1) is 73.0. The van der Waals surface area contributed by atoms with Gasteiger partial charge in [-0.3, -0.25) is 33.6 Å². The fraction of sp³-hybridized carbons (Fsp3) is 0.182. The summed E-state index contributed by atoms with van der Waals surface area (Å²) in [5.74, 6) is -6.69. The number of carbonyl (C=O) groups is 8. The maximum absolute atomic E-state index is 16.1. The Hall–Kier alpha value is -14.2. The van der Waals surface area contributed by atoms with E-state index in [0.29, 0.717) is 38.9 Å². The molecule has 0 fully saturated rings. The van der Waals surface area contributed by atoms with E-state index < -0.39 is 95.7 Å². The van der Waals surface area contributed by atoms with Crippen LogP contribution < -0.4 is 43.0 Å². The molecule has 0 aliphatic carbocycles. The quantitative estimate of drug-likeness (QED) is 0.0195. The maximum Gasteiger partial charge on any atom is 0.326 e. The van der Waals surface area contributed by atoms with Crippen molar-refractivity contribution in [2.24, 2.45) is 5.73 Å². The molecule has 0 aliphatic heterocycles. The first-order valence-electron chi connectivity index (χ1n) is 37.6. The summed E-state index contributed by atoms with van der Waals surface area (Å²) < 4.78 is 0. The molecule has 8 aromatic heterocycles. The van der Waals surface area contributed by atoms with Crippen molar-refractivity contribution < 1.29 is 43.5 Å². The second-order valence-electron chi connectivity index (χ2n) is 28.9. The highest BCUT2D eigenvalue weighted by molar-refractivity contribution is 6.01. The van der Waals surface area contributed by atoms with Gasteiger partial charge in [0.15, 0.2) is 0 Å². The molecule has 0 unspecified atom stereocenters. The SMILES string of the molecule is N[C@H](Cc1c[nH]c2ccccc12)C(=O)N[C@@H](Cc1c[nH]c2ccccc12)C(=O)N[C@H](Cc1c[nH]c2ccccc12)C(=O)N[C@@H](Cc1c[nH]c2ccccc12)C(=O)N[C@H](Cc1c[nH]c2ccccc12)C(=O)N[C@@H](Cc1c[nH]c2ccccc12)C(=O)N[C@H](Cc1c[nH]c2ccccc12)C(=O)N[C@@H](Cc1c[nH]c2ccccc12)C(=O)O. The van der Waals surface area contributed by atoms with E-state index in [9.17, 15) is 14.7 Å². The van der Waals surface area contributed by atoms with Crippen LogP contribution in [-0.2, 0) is 89.7 Å². The van der Waals surface area contributed by atoms with Crippen LogP contribution in [-0.4, -0.2) is 141 Å². The standard InChI is InChI=1S/C88H82N16O9/c89-65(33-49-41-90-66-25-9-1-17-57(49)66)81(105)98-74(34-50-42-91-67-26-10-2-18-58(50)67)82(106)99-75(35-51-43-92-68-27-11-3-19-59(51)68)83(107)100-76(36-52-44-93-69-28-12-4-20-60(52)69)84(108)101-77(37-53-45-94-70-29-13-5-21-61(53)70)85(109)102-78(38-54-46-95-71-30-14-6-22-62(54)71)86(110)103-79(39-55-47-96-72-31-15-7-23-63(55)72)87(111)104-80(88(112)113)40-56-48-97-73-32-16-8-24-64(56)73/h1-32,41-48,65,74-80,90-97H,33-40,89H2,(H,98,105)(H,99,106)(H,100,107)(H,101,108)(H,102,109)(H,103,110)(H,104,111)(H,112,113)/t65-,74+,75-,76+,77-,78+,79-,80+/m1/s1. The molecule has 0 bridgehead atoms. The minimum Gasteiger partial charge on any atom is -0.480 e. The first-order valence-corrected chi connectivity index (χ1v) is 37.6. The van der Waals surface area contributed by atoms with Gasteiger partial charge in [-0.25, -0.2) is 4.79 Å². The molecule has 18 N–H and O–H groups in total. The van der Waals surface area contributed by atoms with E-state index in [1.165, 1.54) is 0 Å². The van der Waals surface area contributed by atoms with E-state index >= 15 is 28.8 Å². The number of aromatic amines is 8. The van der Waals surface area contributed by atoms with Crippen LogP contribution in [0.25, 0.3) is 87.2 Å². The summed E-state index contributed by atoms with van der Waals surface area (Å²) in [6, 6.07) is 48.7. The predicted octanol–water partition coefficient (Wildman–Crippen LogP) is 9.58. The molecule has 8 atom stereocenters. The Bertz CT molecular complexity index is 6250. The Balaban J connectivity index is 0.729. The third-order valence-corrected chi connectivity index (χ3v) is 21.6. The van der Waals surface area contributed by atoms with Gasteiger partial charge in [-0.05, 0) is 99.5 Å². The van der Waals surface area contributed by atoms with Crippen molar-refractivity contribution in [1.82, 2.24) is 77.1 Å². The highest BCUT2D eigenvalue weighted by atomic mass is 16.4. The lowest BCUT2D eigenvalue weighted by molar-refractivity contribution is -0.142. The van der Waals surface area contributed by atoms with Gasteiger partial charge in [0.05, 0.1) is 6.04 Å². The number of carbonyl (C=O) groups excluding carboxylic acids is 7. The zero-order chi connectivity index (χ0) is 77.6. The van der Waals surface area contributed by atoms with E-state index in [2.05, 4.69) is 77.1 Å². The highest BCUT2D eigenvalue weighted by Crippen LogP contribution is 2.28. The Morgan fingerprint density at radius 1 is 0.230 bits per heavy atom. The molecule has 25 heteroatoms. The topological polar surface area (TPSA) is 393 Å². The van der Waals surface area contributed by atoms with Crippen LogP contribution in [0.4, 0.5) is 0 Å². The number of aliphatic carboxylic acids is 1. The number of para-hydroxylation sites is 8. The molecule has 16 rings (SSSR count). The van der Waals surface area contributed by atoms with Crippen molar-refractivity contribution in [2.75, 3.05) is 0 Å². The van der Waals surface area contributed by atoms with Crippen LogP contribution in [0, 0.1) is 0 Å². The molecule has 0 aliphatic rings. The molecule has 0 spiro atoms. The lowest BCUT2D eigenvalue weighted by Crippen LogP contribution is -2.61. The number of fused-ring (bicyclic) bond motifs is 8. The van der Waals surface area contributed by atoms with Gasteiger partial charge in [0.1, 0.15) is 42.3 Å². The number of amides is 7. The first-order chi connectivity index (χ1) is 55.1. The fourth-order valence-electron chi connectivity index (χ4n) is 15.6. The molecule has 568 valence electrons. The third kappa shape index (κ3) is 15.9. The molecular formula is C88H82N16O9. The summed E-state index contributed by atoms with van der Waals surface area (Å²) in [7, 11) is 0. The van der Waals surface area contributed by atoms with Gasteiger partial charge in [-0.2, -0.15) is 0 Å². The molecule has 113 heavy (non-hydrogen) atoms. The number of nitrogens with one attached hydrogen (secondary N) is 15. The van der Waals surface area contributed by atoms with Gasteiger partial charge < -0.3 is 87.9 Å². The molecule has 0 saturated carbocycles. The van der Waals surface area contributed by atoms with Crippen molar-refractivity contribution in [3.63, 3.8) is 0 Å². The molecule has 8 aromatic carbocycles. The van der Waals surface area contributed by atoms with E-state index in [1.807, 2.05) is 200 Å². The second-order valence-corrected chi connectivity index (χ2v) is 28.9. The summed E-state index contributed by atoms with van der Waals surface area (Å²) >= 11 is 0. The van der Waals surface area contributed by atoms with Crippen molar-refractivity contribution in [3.8, 4) is 0 Å². The highest BCUT2D eigenvalue weighted by Gasteiger charge is 2.37. The number of H-pyrrole nitrogens is 8. The van der Waals surface area contributed by atoms with E-state index in [4.69, 9.17) is 5.73 Å². The van der Waals surface area contributed by atoms with Crippen LogP contribution in [0.3, 0.4) is 0 Å². The number of hydrogen-bond donors (Lipinski definition) is 17. The number of nitrogens with two attached hydrogens (primary N) is 1. The Morgan fingerprint density at radius 3 is 0.566 bits per heavy atom. The molecule has 25 nitrogen and oxygen atoms in total. The lowest BCUT2D eigenvalue weighted by atomic mass is 9.98. The minimum atomic E-state index is -1.51. The number of benzene rings is 8. The van der Waals surface area contributed by atoms with Crippen molar-refractivity contribution >= 4 is 135 Å². The van der Waals surface area contributed by atoms with Gasteiger partial charge in [-0.15, -0.1) is 0 Å². The number of aromatic nitrogens is 8. The summed E-state index contributed by atoms with van der Waals surface area (Å²) in [6.45, 7) is 0. The Kier molecular flexibility index (Phi) is 20.8. The van der Waals surface area contributed by atoms with Crippen LogP contribution in [0.5, 0.6) is 0 Å². The molecule has 16 aromatic rings. The summed E-state index contributed by atoms with van der Waals surface area (Å²) in [5, 5.41) is 37.8. The monoisotopic (exact) mass is 1510 g/mol. The van der Waals surface area contributed by atoms with Gasteiger partial charge in [0.25, 0.3) is 0 Å². The number of carboxylic acids is 1. The normalized spacial score (nSPS) is 13.8. The van der Waals surface area contributed by atoms with Crippen LogP contribution in [0.2, 0.25) is 0 Å². The van der Waals surface area contributed by atoms with Crippen molar-refractivity contribution in [1.29, 1.82) is 0 Å². The summed E-state index contributed by atoms with van der Waals surface area (Å²) in [4.78, 5) is 148. The second kappa shape index (κ2) is 32.2. The average molecular weight is 1510 g/mol. The predicted molar refractivity (Wildman–Crippen MR) is 435 cm³/mol. The third-order valence-electron chi connectivity index (χ3n) is 21.6. The smallest absolute Gasteiger partial charge is 0.326 e. The maximum atomic E-state index is 16.1. The zero-order valence-corrected chi connectivity index (χ0v) is 61.2. The van der Waals surface area contributed by atoms with E-state index in [0.717, 1.165) is 92.8 Å². The Labute approximate surface area is 645 Å². The molecule has 8 heterocycles. The average Bonchev–Trinajstić information content (AvgIpc) is 1.71. The molecule has 0 radical (unpaired) electrons. The number of rotatable bonds is 31. The summed E-state index contributed by atoms with van der Waals surface area (Å²) in [5.41, 5.74) is 18.2. The Morgan fingerprint density at radius 2 is 0.381 bits per heavy atom. The minimum absolute atomic E-state index is 0.0279. The van der Waals surface area contributed by atoms with Crippen molar-refractivity contribution in [3.05, 3.63) is 288 Å². The van der Waals surface area contributed by atoms with E-state index in [-0.39, 0.29) is 51.4 Å². The van der Waals surface area contributed by atoms with E-state index in [1.54, 1.807) is 43.4 Å². The van der Waals surface area contributed by atoms with Gasteiger partial charge >= 0.3 is 5.97 Å². The van der Waals surface area contributed by atoms with Gasteiger partial charge in [-0.1, -0.05) is 146 Å². The molecule has 7 amide bonds. The summed E-state index contributed by atoms with van der Waals surface area (Å²) in [6.07, 6.45) is 13.3. The van der Waals surface area contributed by atoms with Gasteiger partial charge in [0.2, 0.25) is 41.4 Å². The number of carboxylic acid groups (broad SMARTS) is 1. The number of hydrogen-bond acceptors (Lipinski definition) is 9. The van der Waals surface area contributed by atoms with Crippen molar-refractivity contribution in [2.45, 2.75) is 99.7 Å². The lowest BCUT2D eigenvalue weighted by Gasteiger charge is -2.28. The van der Waals surface area contributed by atoms with Crippen LogP contribution >= 0.6 is 0 Å². The zero-order valence-electron chi connectivity index (χ0n) is 61.2. The largest absolute Gasteiger partial charge is 0.480 e. The van der Waals surface area contributed by atoms with Crippen LogP contribution in [0.1, 0.15) is 44.5 Å². The fourth-order valence-corrected chi connectivity index (χ4v) is 15.6. The van der Waals surface area contributed by atoms with Gasteiger partial charge in [0, 0.05) is 182 Å².